The van der Waals surface area contributed by atoms with Gasteiger partial charge in [-0.05, 0) is 12.1 Å². The van der Waals surface area contributed by atoms with Crippen LogP contribution in [0.3, 0.4) is 0 Å². The van der Waals surface area contributed by atoms with Crippen molar-refractivity contribution in [2.24, 2.45) is 0 Å². The quantitative estimate of drug-likeness (QED) is 0.220. The van der Waals surface area contributed by atoms with Crippen molar-refractivity contribution in [3.63, 3.8) is 0 Å². The van der Waals surface area contributed by atoms with Crippen molar-refractivity contribution >= 4 is 11.8 Å². The second kappa shape index (κ2) is 11.2. The lowest BCUT2D eigenvalue weighted by atomic mass is 10.1. The van der Waals surface area contributed by atoms with Crippen molar-refractivity contribution in [2.45, 2.75) is 12.5 Å². The highest BCUT2D eigenvalue weighted by atomic mass is 16.3. The number of rotatable bonds is 8. The number of hydrogen-bond donors (Lipinski definition) is 4. The molecule has 4 rings (SSSR count). The molecule has 4 aromatic rings. The number of imidazole rings is 1. The van der Waals surface area contributed by atoms with Crippen molar-refractivity contribution in [3.05, 3.63) is 90.5 Å². The topological polar surface area (TPSA) is 107 Å². The van der Waals surface area contributed by atoms with E-state index < -0.39 is 17.9 Å². The van der Waals surface area contributed by atoms with Crippen LogP contribution >= 0.6 is 0 Å². The minimum atomic E-state index is -0.800. The molecule has 4 N–H and O–H groups in total. The number of aliphatic hydroxyl groups is 1. The van der Waals surface area contributed by atoms with E-state index in [1.807, 2.05) is 93.9 Å². The Hall–Kier alpha value is -4.27. The molecule has 0 fully saturated rings. The lowest BCUT2D eigenvalue weighted by Gasteiger charge is -2.26. The molecule has 2 amide bonds. The molecule has 0 aliphatic carbocycles. The molecule has 1 aromatic heterocycles. The van der Waals surface area contributed by atoms with E-state index >= 15 is 0 Å². The summed E-state index contributed by atoms with van der Waals surface area (Å²) in [7, 11) is 5.79. The Morgan fingerprint density at radius 2 is 1.43 bits per heavy atom. The third-order valence-corrected chi connectivity index (χ3v) is 5.73. The summed E-state index contributed by atoms with van der Waals surface area (Å²) in [6.45, 7) is 0.424. The number of hydrogen-bond acceptors (Lipinski definition) is 4. The Labute approximate surface area is 216 Å². The molecule has 0 aliphatic heterocycles. The number of nitrogens with zero attached hydrogens (tertiary/aromatic N) is 2. The van der Waals surface area contributed by atoms with E-state index in [4.69, 9.17) is 4.98 Å². The van der Waals surface area contributed by atoms with Gasteiger partial charge in [0.15, 0.2) is 0 Å². The number of likely N-dealkylation sites (N-methyl/N-ethyl adjacent to an activating group) is 1. The summed E-state index contributed by atoms with van der Waals surface area (Å²) < 4.78 is 0.530. The van der Waals surface area contributed by atoms with Gasteiger partial charge in [0.2, 0.25) is 5.91 Å². The summed E-state index contributed by atoms with van der Waals surface area (Å²) in [6.07, 6.45) is -0.896. The van der Waals surface area contributed by atoms with Crippen molar-refractivity contribution in [2.75, 3.05) is 27.7 Å². The van der Waals surface area contributed by atoms with Gasteiger partial charge in [0.05, 0.1) is 39.0 Å². The summed E-state index contributed by atoms with van der Waals surface area (Å²) >= 11 is 0. The van der Waals surface area contributed by atoms with Gasteiger partial charge in [-0.15, -0.1) is 0 Å². The van der Waals surface area contributed by atoms with E-state index in [0.29, 0.717) is 22.4 Å². The smallest absolute Gasteiger partial charge is 0.269 e. The highest BCUT2D eigenvalue weighted by Gasteiger charge is 2.19. The lowest BCUT2D eigenvalue weighted by Crippen LogP contribution is -2.46. The number of carbonyl (C=O) groups is 2. The highest BCUT2D eigenvalue weighted by molar-refractivity contribution is 5.95. The maximum Gasteiger partial charge on any atom is 0.269 e. The number of nitrogens with one attached hydrogen (secondary N) is 3. The first-order chi connectivity index (χ1) is 17.7. The van der Waals surface area contributed by atoms with E-state index in [0.717, 1.165) is 28.1 Å². The molecule has 0 bridgehead atoms. The Morgan fingerprint density at radius 1 is 0.838 bits per heavy atom. The molecule has 8 heteroatoms. The summed E-state index contributed by atoms with van der Waals surface area (Å²) in [4.78, 5) is 32.9. The van der Waals surface area contributed by atoms with Gasteiger partial charge in [-0.1, -0.05) is 72.8 Å². The predicted molar refractivity (Wildman–Crippen MR) is 144 cm³/mol. The monoisotopic (exact) mass is 498 g/mol. The second-order valence-corrected chi connectivity index (χ2v) is 9.95. The number of carbonyl (C=O) groups excluding carboxylic acids is 2. The second-order valence-electron chi connectivity index (χ2n) is 9.95. The number of aromatic nitrogens is 2. The number of aromatic amines is 1. The fraction of sp³-hybridized carbons (Fsp3) is 0.207. The molecule has 0 radical (unpaired) electrons. The van der Waals surface area contributed by atoms with Gasteiger partial charge in [-0.2, -0.15) is 0 Å². The van der Waals surface area contributed by atoms with Gasteiger partial charge >= 0.3 is 0 Å². The van der Waals surface area contributed by atoms with E-state index in [9.17, 15) is 14.7 Å². The number of aliphatic hydroxyl groups excluding tert-OH is 1. The van der Waals surface area contributed by atoms with Crippen molar-refractivity contribution in [3.8, 4) is 33.9 Å². The average Bonchev–Trinajstić information content (AvgIpc) is 3.33. The van der Waals surface area contributed by atoms with E-state index in [-0.39, 0.29) is 6.42 Å². The van der Waals surface area contributed by atoms with Gasteiger partial charge < -0.3 is 14.6 Å². The van der Waals surface area contributed by atoms with E-state index in [2.05, 4.69) is 15.8 Å². The lowest BCUT2D eigenvalue weighted by molar-refractivity contribution is -0.873. The Balaban J connectivity index is 1.46. The summed E-state index contributed by atoms with van der Waals surface area (Å²) in [5.41, 5.74) is 9.77. The van der Waals surface area contributed by atoms with Crippen LogP contribution in [0.2, 0.25) is 0 Å². The first-order valence-electron chi connectivity index (χ1n) is 12.1. The van der Waals surface area contributed by atoms with Gasteiger partial charge in [-0.3, -0.25) is 20.4 Å². The normalized spacial score (nSPS) is 12.1. The molecule has 0 aliphatic rings. The maximum absolute atomic E-state index is 12.5. The summed E-state index contributed by atoms with van der Waals surface area (Å²) in [6, 6.07) is 27.0. The van der Waals surface area contributed by atoms with Crippen LogP contribution in [-0.2, 0) is 4.79 Å². The van der Waals surface area contributed by atoms with Crippen molar-refractivity contribution in [1.82, 2.24) is 20.8 Å². The largest absolute Gasteiger partial charge is 0.387 e. The van der Waals surface area contributed by atoms with Crippen LogP contribution in [0.15, 0.2) is 84.9 Å². The standard InChI is InChI=1S/C29H31N5O3/c1-34(2,3)19-24(35)18-25(36)32-33-29(37)23-16-14-22(15-17-23)28-30-26(20-10-6-4-7-11-20)27(31-28)21-12-8-5-9-13-21/h4-17,24,35H,18-19H2,1-3H3,(H2-,30,31,32,33,36,37)/p+1. The minimum Gasteiger partial charge on any atom is -0.387 e. The number of hydrazine groups is 1. The van der Waals surface area contributed by atoms with Crippen LogP contribution in [0.25, 0.3) is 33.9 Å². The van der Waals surface area contributed by atoms with Gasteiger partial charge in [-0.25, -0.2) is 4.98 Å². The van der Waals surface area contributed by atoms with Crippen LogP contribution in [0, 0.1) is 0 Å². The van der Waals surface area contributed by atoms with Gasteiger partial charge in [0.25, 0.3) is 5.91 Å². The number of quaternary nitrogens is 1. The molecule has 8 nitrogen and oxygen atoms in total. The van der Waals surface area contributed by atoms with E-state index in [1.165, 1.54) is 0 Å². The van der Waals surface area contributed by atoms with Gasteiger partial charge in [0.1, 0.15) is 18.5 Å². The predicted octanol–water partition coefficient (Wildman–Crippen LogP) is 3.63. The number of benzene rings is 3. The molecule has 0 spiro atoms. The zero-order valence-electron chi connectivity index (χ0n) is 21.2. The van der Waals surface area contributed by atoms with Crippen molar-refractivity contribution < 1.29 is 19.2 Å². The summed E-state index contributed by atoms with van der Waals surface area (Å²) in [5, 5.41) is 10.0. The van der Waals surface area contributed by atoms with Crippen LogP contribution in [0.1, 0.15) is 16.8 Å². The molecule has 1 atom stereocenters. The third-order valence-electron chi connectivity index (χ3n) is 5.73. The van der Waals surface area contributed by atoms with E-state index in [1.54, 1.807) is 12.1 Å². The first kappa shape index (κ1) is 25.8. The fourth-order valence-corrected chi connectivity index (χ4v) is 4.07. The minimum absolute atomic E-state index is 0.0965. The molecule has 3 aromatic carbocycles. The van der Waals surface area contributed by atoms with Crippen LogP contribution in [0.4, 0.5) is 0 Å². The zero-order valence-corrected chi connectivity index (χ0v) is 21.2. The molecule has 1 heterocycles. The highest BCUT2D eigenvalue weighted by Crippen LogP contribution is 2.32. The molecule has 37 heavy (non-hydrogen) atoms. The molecule has 190 valence electrons. The Kier molecular flexibility index (Phi) is 7.81. The molecular formula is C29H32N5O3+. The Morgan fingerprint density at radius 3 is 2.03 bits per heavy atom. The van der Waals surface area contributed by atoms with Crippen LogP contribution in [0.5, 0.6) is 0 Å². The van der Waals surface area contributed by atoms with Gasteiger partial charge in [0, 0.05) is 22.3 Å². The zero-order chi connectivity index (χ0) is 26.4. The molecule has 0 saturated carbocycles. The average molecular weight is 499 g/mol. The molecule has 0 saturated heterocycles. The third kappa shape index (κ3) is 6.91. The number of amides is 2. The SMILES string of the molecule is C[N+](C)(C)CC(O)CC(=O)NNC(=O)c1ccc(-c2nc(-c3ccccc3)c(-c3ccccc3)[nH]2)cc1. The van der Waals surface area contributed by atoms with Crippen LogP contribution in [-0.4, -0.2) is 65.2 Å². The van der Waals surface area contributed by atoms with Crippen LogP contribution < -0.4 is 10.9 Å². The Bertz CT molecular complexity index is 1290. The first-order valence-corrected chi connectivity index (χ1v) is 12.1. The summed E-state index contributed by atoms with van der Waals surface area (Å²) in [5.74, 6) is -0.219. The fourth-order valence-electron chi connectivity index (χ4n) is 4.07. The number of H-pyrrole nitrogens is 1. The van der Waals surface area contributed by atoms with Crippen molar-refractivity contribution in [1.29, 1.82) is 0 Å². The maximum atomic E-state index is 12.5. The molecular weight excluding hydrogens is 466 g/mol. The molecule has 1 unspecified atom stereocenters.